The third-order valence-electron chi connectivity index (χ3n) is 4.15. The van der Waals surface area contributed by atoms with E-state index < -0.39 is 0 Å². The van der Waals surface area contributed by atoms with Crippen LogP contribution in [0.5, 0.6) is 0 Å². The molecule has 4 nitrogen and oxygen atoms in total. The Morgan fingerprint density at radius 1 is 1.32 bits per heavy atom. The summed E-state index contributed by atoms with van der Waals surface area (Å²) in [6.45, 7) is 8.82. The monoisotopic (exact) mass is 322 g/mol. The van der Waals surface area contributed by atoms with Crippen LogP contribution in [0.15, 0.2) is 22.5 Å². The predicted molar refractivity (Wildman–Crippen MR) is 96.7 cm³/mol. The SMILES string of the molecule is CN=C(NCCC(C)C)NCC(c1cccs1)N1CCCC1. The van der Waals surface area contributed by atoms with Gasteiger partial charge in [-0.15, -0.1) is 11.3 Å². The van der Waals surface area contributed by atoms with Gasteiger partial charge in [0.05, 0.1) is 6.04 Å². The van der Waals surface area contributed by atoms with Crippen molar-refractivity contribution in [2.75, 3.05) is 33.2 Å². The lowest BCUT2D eigenvalue weighted by Crippen LogP contribution is -2.42. The Morgan fingerprint density at radius 2 is 2.09 bits per heavy atom. The minimum atomic E-state index is 0.464. The molecule has 0 bridgehead atoms. The van der Waals surface area contributed by atoms with E-state index in [2.05, 4.69) is 51.9 Å². The quantitative estimate of drug-likeness (QED) is 0.598. The molecule has 1 saturated heterocycles. The standard InChI is InChI=1S/C17H30N4S/c1-14(2)8-9-19-17(18-3)20-13-15(16-7-6-12-22-16)21-10-4-5-11-21/h6-7,12,14-15H,4-5,8-11,13H2,1-3H3,(H2,18,19,20). The van der Waals surface area contributed by atoms with Crippen molar-refractivity contribution in [3.05, 3.63) is 22.4 Å². The zero-order chi connectivity index (χ0) is 15.8. The van der Waals surface area contributed by atoms with Gasteiger partial charge < -0.3 is 10.6 Å². The van der Waals surface area contributed by atoms with E-state index in [4.69, 9.17) is 0 Å². The van der Waals surface area contributed by atoms with Crippen molar-refractivity contribution in [3.8, 4) is 0 Å². The maximum absolute atomic E-state index is 4.34. The van der Waals surface area contributed by atoms with Crippen molar-refractivity contribution < 1.29 is 0 Å². The van der Waals surface area contributed by atoms with Crippen LogP contribution < -0.4 is 10.6 Å². The molecule has 0 aliphatic carbocycles. The van der Waals surface area contributed by atoms with Gasteiger partial charge in [0.15, 0.2) is 5.96 Å². The van der Waals surface area contributed by atoms with E-state index in [1.54, 1.807) is 0 Å². The average Bonchev–Trinajstić information content (AvgIpc) is 3.19. The molecule has 0 aromatic carbocycles. The van der Waals surface area contributed by atoms with Gasteiger partial charge in [-0.05, 0) is 49.7 Å². The van der Waals surface area contributed by atoms with Crippen LogP contribution in [0.1, 0.15) is 44.0 Å². The van der Waals surface area contributed by atoms with Gasteiger partial charge in [0.25, 0.3) is 0 Å². The third-order valence-corrected chi connectivity index (χ3v) is 5.13. The fraction of sp³-hybridized carbons (Fsp3) is 0.706. The molecule has 0 amide bonds. The van der Waals surface area contributed by atoms with E-state index in [0.29, 0.717) is 12.0 Å². The molecule has 124 valence electrons. The molecule has 0 saturated carbocycles. The minimum Gasteiger partial charge on any atom is -0.356 e. The summed E-state index contributed by atoms with van der Waals surface area (Å²) >= 11 is 1.86. The van der Waals surface area contributed by atoms with E-state index in [1.165, 1.54) is 37.2 Å². The van der Waals surface area contributed by atoms with Gasteiger partial charge in [0.2, 0.25) is 0 Å². The highest BCUT2D eigenvalue weighted by Gasteiger charge is 2.24. The van der Waals surface area contributed by atoms with E-state index in [1.807, 2.05) is 18.4 Å². The fourth-order valence-corrected chi connectivity index (χ4v) is 3.70. The van der Waals surface area contributed by atoms with Crippen molar-refractivity contribution in [1.29, 1.82) is 0 Å². The molecule has 5 heteroatoms. The van der Waals surface area contributed by atoms with Crippen LogP contribution in [0, 0.1) is 5.92 Å². The number of guanidine groups is 1. The first-order valence-corrected chi connectivity index (χ1v) is 9.30. The van der Waals surface area contributed by atoms with Gasteiger partial charge in [0.1, 0.15) is 0 Å². The Labute approximate surface area is 139 Å². The van der Waals surface area contributed by atoms with E-state index in [0.717, 1.165) is 19.0 Å². The van der Waals surface area contributed by atoms with Gasteiger partial charge in [-0.25, -0.2) is 0 Å². The zero-order valence-electron chi connectivity index (χ0n) is 14.1. The molecule has 1 aliphatic rings. The molecule has 0 spiro atoms. The molecule has 2 N–H and O–H groups in total. The van der Waals surface area contributed by atoms with Crippen molar-refractivity contribution >= 4 is 17.3 Å². The van der Waals surface area contributed by atoms with Gasteiger partial charge in [0, 0.05) is 25.0 Å². The number of hydrogen-bond acceptors (Lipinski definition) is 3. The van der Waals surface area contributed by atoms with Crippen molar-refractivity contribution in [2.24, 2.45) is 10.9 Å². The summed E-state index contributed by atoms with van der Waals surface area (Å²) in [4.78, 5) is 8.39. The summed E-state index contributed by atoms with van der Waals surface area (Å²) in [6.07, 6.45) is 3.81. The van der Waals surface area contributed by atoms with Gasteiger partial charge in [-0.1, -0.05) is 19.9 Å². The van der Waals surface area contributed by atoms with Crippen LogP contribution in [-0.4, -0.2) is 44.1 Å². The fourth-order valence-electron chi connectivity index (χ4n) is 2.84. The lowest BCUT2D eigenvalue weighted by Gasteiger charge is -2.27. The van der Waals surface area contributed by atoms with Gasteiger partial charge >= 0.3 is 0 Å². The largest absolute Gasteiger partial charge is 0.356 e. The number of hydrogen-bond donors (Lipinski definition) is 2. The number of aliphatic imine (C=N–C) groups is 1. The third kappa shape index (κ3) is 5.29. The number of nitrogens with zero attached hydrogens (tertiary/aromatic N) is 2. The topological polar surface area (TPSA) is 39.7 Å². The highest BCUT2D eigenvalue weighted by molar-refractivity contribution is 7.10. The van der Waals surface area contributed by atoms with Crippen molar-refractivity contribution in [1.82, 2.24) is 15.5 Å². The summed E-state index contributed by atoms with van der Waals surface area (Å²) in [7, 11) is 1.85. The van der Waals surface area contributed by atoms with Crippen LogP contribution >= 0.6 is 11.3 Å². The Bertz CT molecular complexity index is 436. The van der Waals surface area contributed by atoms with Crippen LogP contribution in [0.25, 0.3) is 0 Å². The molecule has 0 radical (unpaired) electrons. The predicted octanol–water partition coefficient (Wildman–Crippen LogP) is 3.10. The van der Waals surface area contributed by atoms with E-state index in [9.17, 15) is 0 Å². The Morgan fingerprint density at radius 3 is 2.68 bits per heavy atom. The first-order chi connectivity index (χ1) is 10.7. The molecule has 1 aromatic rings. The van der Waals surface area contributed by atoms with E-state index >= 15 is 0 Å². The second kappa shape index (κ2) is 9.16. The maximum Gasteiger partial charge on any atom is 0.191 e. The molecule has 1 aliphatic heterocycles. The molecule has 2 rings (SSSR count). The zero-order valence-corrected chi connectivity index (χ0v) is 15.0. The second-order valence-corrected chi connectivity index (χ2v) is 7.32. The summed E-state index contributed by atoms with van der Waals surface area (Å²) in [5, 5.41) is 9.10. The Kier molecular flexibility index (Phi) is 7.19. The van der Waals surface area contributed by atoms with Crippen LogP contribution in [0.3, 0.4) is 0 Å². The molecular formula is C17H30N4S. The van der Waals surface area contributed by atoms with Gasteiger partial charge in [-0.2, -0.15) is 0 Å². The highest BCUT2D eigenvalue weighted by Crippen LogP contribution is 2.27. The smallest absolute Gasteiger partial charge is 0.191 e. The Hall–Kier alpha value is -1.07. The number of nitrogens with one attached hydrogen (secondary N) is 2. The first-order valence-electron chi connectivity index (χ1n) is 8.42. The summed E-state index contributed by atoms with van der Waals surface area (Å²) in [6, 6.07) is 4.87. The summed E-state index contributed by atoms with van der Waals surface area (Å²) < 4.78 is 0. The molecule has 1 unspecified atom stereocenters. The summed E-state index contributed by atoms with van der Waals surface area (Å²) in [5.74, 6) is 1.63. The molecule has 1 fully saturated rings. The van der Waals surface area contributed by atoms with Crippen molar-refractivity contribution in [3.63, 3.8) is 0 Å². The number of likely N-dealkylation sites (tertiary alicyclic amines) is 1. The number of rotatable bonds is 7. The van der Waals surface area contributed by atoms with Crippen LogP contribution in [0.2, 0.25) is 0 Å². The first kappa shape index (κ1) is 17.3. The second-order valence-electron chi connectivity index (χ2n) is 6.34. The highest BCUT2D eigenvalue weighted by atomic mass is 32.1. The maximum atomic E-state index is 4.34. The lowest BCUT2D eigenvalue weighted by molar-refractivity contribution is 0.249. The molecular weight excluding hydrogens is 292 g/mol. The molecule has 22 heavy (non-hydrogen) atoms. The van der Waals surface area contributed by atoms with Crippen LogP contribution in [0.4, 0.5) is 0 Å². The van der Waals surface area contributed by atoms with Crippen molar-refractivity contribution in [2.45, 2.75) is 39.2 Å². The molecule has 1 aromatic heterocycles. The van der Waals surface area contributed by atoms with Crippen LogP contribution in [-0.2, 0) is 0 Å². The van der Waals surface area contributed by atoms with Gasteiger partial charge in [-0.3, -0.25) is 9.89 Å². The molecule has 2 heterocycles. The Balaban J connectivity index is 1.87. The lowest BCUT2D eigenvalue weighted by atomic mass is 10.1. The summed E-state index contributed by atoms with van der Waals surface area (Å²) in [5.41, 5.74) is 0. The minimum absolute atomic E-state index is 0.464. The number of thiophene rings is 1. The van der Waals surface area contributed by atoms with E-state index in [-0.39, 0.29) is 0 Å². The average molecular weight is 323 g/mol. The molecule has 1 atom stereocenters. The normalized spacial score (nSPS) is 17.9.